The van der Waals surface area contributed by atoms with Crippen LogP contribution >= 0.6 is 11.6 Å². The number of sulfonamides is 1. The first-order valence-electron chi connectivity index (χ1n) is 10.0. The van der Waals surface area contributed by atoms with Crippen LogP contribution in [-0.4, -0.2) is 50.5 Å². The van der Waals surface area contributed by atoms with Gasteiger partial charge in [0.2, 0.25) is 16.0 Å². The van der Waals surface area contributed by atoms with E-state index in [2.05, 4.69) is 29.9 Å². The van der Waals surface area contributed by atoms with Crippen molar-refractivity contribution in [3.63, 3.8) is 0 Å². The van der Waals surface area contributed by atoms with E-state index in [-0.39, 0.29) is 24.7 Å². The lowest BCUT2D eigenvalue weighted by Crippen LogP contribution is -2.24. The Labute approximate surface area is 194 Å². The van der Waals surface area contributed by atoms with Crippen LogP contribution in [0.4, 0.5) is 5.95 Å². The smallest absolute Gasteiger partial charge is 0.239 e. The molecule has 0 saturated heterocycles. The number of hydrogen-bond donors (Lipinski definition) is 1. The highest BCUT2D eigenvalue weighted by Crippen LogP contribution is 2.37. The first-order valence-corrected chi connectivity index (χ1v) is 12.1. The fraction of sp³-hybridized carbons (Fsp3) is 0.190. The van der Waals surface area contributed by atoms with E-state index in [9.17, 15) is 8.42 Å². The predicted octanol–water partition coefficient (Wildman–Crippen LogP) is 2.75. The van der Waals surface area contributed by atoms with Crippen molar-refractivity contribution in [2.45, 2.75) is 12.5 Å². The summed E-state index contributed by atoms with van der Waals surface area (Å²) in [6.07, 6.45) is 6.36. The van der Waals surface area contributed by atoms with Crippen LogP contribution in [0, 0.1) is 0 Å². The molecule has 1 atom stereocenters. The Morgan fingerprint density at radius 1 is 1.09 bits per heavy atom. The number of pyridine rings is 1. The average Bonchev–Trinajstić information content (AvgIpc) is 3.14. The monoisotopic (exact) mass is 483 g/mol. The standard InChI is InChI=1S/C21H18ClN7O3S/c22-15-11-24-19(25-12-15)7-9-33(30,31)28-21-27-26-20-16-5-1-2-6-18(16)32-13-17(29(20)21)14-4-3-8-23-10-14/h1-6,8,10-12,17H,7,9,13H2,(H,27,28)/t17-/m1/s1. The van der Waals surface area contributed by atoms with E-state index in [4.69, 9.17) is 16.3 Å². The summed E-state index contributed by atoms with van der Waals surface area (Å²) in [5.74, 6) is 1.38. The van der Waals surface area contributed by atoms with Crippen molar-refractivity contribution in [3.05, 3.63) is 77.6 Å². The molecule has 33 heavy (non-hydrogen) atoms. The van der Waals surface area contributed by atoms with Gasteiger partial charge in [0.25, 0.3) is 0 Å². The van der Waals surface area contributed by atoms with E-state index in [1.807, 2.05) is 36.4 Å². The number of ether oxygens (including phenoxy) is 1. The normalized spacial score (nSPS) is 15.1. The summed E-state index contributed by atoms with van der Waals surface area (Å²) in [5.41, 5.74) is 1.55. The molecule has 0 fully saturated rings. The summed E-state index contributed by atoms with van der Waals surface area (Å²) in [4.78, 5) is 12.3. The molecule has 0 radical (unpaired) electrons. The van der Waals surface area contributed by atoms with Crippen LogP contribution in [0.2, 0.25) is 5.02 Å². The van der Waals surface area contributed by atoms with Gasteiger partial charge < -0.3 is 4.74 Å². The van der Waals surface area contributed by atoms with E-state index in [1.165, 1.54) is 12.4 Å². The second-order valence-electron chi connectivity index (χ2n) is 7.31. The molecule has 0 bridgehead atoms. The molecule has 10 nitrogen and oxygen atoms in total. The molecule has 4 heterocycles. The van der Waals surface area contributed by atoms with Gasteiger partial charge in [-0.05, 0) is 23.8 Å². The zero-order valence-electron chi connectivity index (χ0n) is 17.2. The highest BCUT2D eigenvalue weighted by molar-refractivity contribution is 7.92. The number of rotatable bonds is 6. The van der Waals surface area contributed by atoms with Gasteiger partial charge in [0.15, 0.2) is 5.82 Å². The maximum absolute atomic E-state index is 12.9. The summed E-state index contributed by atoms with van der Waals surface area (Å²) in [5, 5.41) is 8.84. The van der Waals surface area contributed by atoms with Gasteiger partial charge >= 0.3 is 0 Å². The van der Waals surface area contributed by atoms with Crippen molar-refractivity contribution in [2.24, 2.45) is 0 Å². The lowest BCUT2D eigenvalue weighted by molar-refractivity contribution is 0.281. The van der Waals surface area contributed by atoms with Crippen LogP contribution in [0.5, 0.6) is 5.75 Å². The third-order valence-corrected chi connectivity index (χ3v) is 6.55. The van der Waals surface area contributed by atoms with Crippen LogP contribution in [0.1, 0.15) is 17.4 Å². The number of benzene rings is 1. The van der Waals surface area contributed by atoms with Crippen LogP contribution in [0.15, 0.2) is 61.2 Å². The number of nitrogens with zero attached hydrogens (tertiary/aromatic N) is 6. The Morgan fingerprint density at radius 3 is 2.70 bits per heavy atom. The average molecular weight is 484 g/mol. The summed E-state index contributed by atoms with van der Waals surface area (Å²) in [7, 11) is -3.78. The molecule has 0 amide bonds. The third-order valence-electron chi connectivity index (χ3n) is 5.12. The van der Waals surface area contributed by atoms with Gasteiger partial charge in [0, 0.05) is 31.2 Å². The first-order chi connectivity index (χ1) is 16.0. The summed E-state index contributed by atoms with van der Waals surface area (Å²) >= 11 is 5.79. The molecule has 1 aromatic carbocycles. The number of para-hydroxylation sites is 1. The largest absolute Gasteiger partial charge is 0.490 e. The Bertz CT molecular complexity index is 1380. The second kappa shape index (κ2) is 8.75. The lowest BCUT2D eigenvalue weighted by atomic mass is 10.1. The number of fused-ring (bicyclic) bond motifs is 3. The number of hydrogen-bond acceptors (Lipinski definition) is 8. The molecule has 168 valence electrons. The zero-order chi connectivity index (χ0) is 22.8. The maximum atomic E-state index is 12.9. The minimum absolute atomic E-state index is 0.0937. The second-order valence-corrected chi connectivity index (χ2v) is 9.59. The summed E-state index contributed by atoms with van der Waals surface area (Å²) < 4.78 is 36.1. The molecule has 12 heteroatoms. The van der Waals surface area contributed by atoms with Crippen LogP contribution in [-0.2, 0) is 16.4 Å². The number of nitrogens with one attached hydrogen (secondary N) is 1. The minimum Gasteiger partial charge on any atom is -0.490 e. The molecule has 5 rings (SSSR count). The molecule has 1 aliphatic heterocycles. The quantitative estimate of drug-likeness (QED) is 0.443. The molecule has 1 N–H and O–H groups in total. The van der Waals surface area contributed by atoms with Gasteiger partial charge in [-0.3, -0.25) is 14.3 Å². The molecule has 1 aliphatic rings. The van der Waals surface area contributed by atoms with Gasteiger partial charge in [-0.2, -0.15) is 0 Å². The summed E-state index contributed by atoms with van der Waals surface area (Å²) in [6.45, 7) is 0.251. The predicted molar refractivity (Wildman–Crippen MR) is 121 cm³/mol. The first kappa shape index (κ1) is 21.3. The van der Waals surface area contributed by atoms with Gasteiger partial charge in [0.05, 0.1) is 22.4 Å². The zero-order valence-corrected chi connectivity index (χ0v) is 18.7. The number of aryl methyl sites for hydroxylation is 1. The van der Waals surface area contributed by atoms with E-state index < -0.39 is 16.1 Å². The molecule has 0 aliphatic carbocycles. The summed E-state index contributed by atoms with van der Waals surface area (Å²) in [6, 6.07) is 10.7. The van der Waals surface area contributed by atoms with Crippen molar-refractivity contribution < 1.29 is 13.2 Å². The van der Waals surface area contributed by atoms with E-state index in [1.54, 1.807) is 17.0 Å². The molecular formula is C21H18ClN7O3S. The molecule has 0 saturated carbocycles. The van der Waals surface area contributed by atoms with Crippen LogP contribution in [0.25, 0.3) is 11.4 Å². The molecular weight excluding hydrogens is 466 g/mol. The van der Waals surface area contributed by atoms with Crippen molar-refractivity contribution in [3.8, 4) is 17.1 Å². The highest BCUT2D eigenvalue weighted by Gasteiger charge is 2.30. The third kappa shape index (κ3) is 4.50. The fourth-order valence-electron chi connectivity index (χ4n) is 3.56. The van der Waals surface area contributed by atoms with Gasteiger partial charge in [-0.15, -0.1) is 10.2 Å². The Kier molecular flexibility index (Phi) is 5.65. The molecule has 0 spiro atoms. The van der Waals surface area contributed by atoms with Crippen molar-refractivity contribution in [1.29, 1.82) is 0 Å². The topological polar surface area (TPSA) is 125 Å². The fourth-order valence-corrected chi connectivity index (χ4v) is 4.63. The van der Waals surface area contributed by atoms with Gasteiger partial charge in [0.1, 0.15) is 18.2 Å². The van der Waals surface area contributed by atoms with Gasteiger partial charge in [-0.1, -0.05) is 29.8 Å². The number of halogens is 1. The van der Waals surface area contributed by atoms with E-state index >= 15 is 0 Å². The molecule has 0 unspecified atom stereocenters. The highest BCUT2D eigenvalue weighted by atomic mass is 35.5. The van der Waals surface area contributed by atoms with E-state index in [0.29, 0.717) is 22.4 Å². The van der Waals surface area contributed by atoms with Crippen LogP contribution in [0.3, 0.4) is 0 Å². The van der Waals surface area contributed by atoms with E-state index in [0.717, 1.165) is 11.1 Å². The number of aromatic nitrogens is 6. The molecule has 3 aromatic heterocycles. The van der Waals surface area contributed by atoms with Gasteiger partial charge in [-0.25, -0.2) is 18.4 Å². The maximum Gasteiger partial charge on any atom is 0.239 e. The van der Waals surface area contributed by atoms with Crippen LogP contribution < -0.4 is 9.46 Å². The van der Waals surface area contributed by atoms with Crippen molar-refractivity contribution in [1.82, 2.24) is 29.7 Å². The number of anilines is 1. The SMILES string of the molecule is O=S(=O)(CCc1ncc(Cl)cn1)Nc1nnc2n1[C@@H](c1cccnc1)COc1ccccc1-2. The minimum atomic E-state index is -3.78. The lowest BCUT2D eigenvalue weighted by Gasteiger charge is -2.20. The Hall–Kier alpha value is -3.57. The Morgan fingerprint density at radius 2 is 1.91 bits per heavy atom. The van der Waals surface area contributed by atoms with Crippen molar-refractivity contribution >= 4 is 27.6 Å². The van der Waals surface area contributed by atoms with Crippen molar-refractivity contribution in [2.75, 3.05) is 17.1 Å². The molecule has 4 aromatic rings. The Balaban J connectivity index is 1.49.